The molecule has 4 rings (SSSR count). The van der Waals surface area contributed by atoms with Crippen molar-refractivity contribution in [3.8, 4) is 0 Å². The number of nitrogens with zero attached hydrogens (tertiary/aromatic N) is 1. The van der Waals surface area contributed by atoms with Crippen molar-refractivity contribution in [1.29, 1.82) is 0 Å². The van der Waals surface area contributed by atoms with E-state index in [0.29, 0.717) is 0 Å². The molecule has 3 aliphatic rings. The predicted molar refractivity (Wildman–Crippen MR) is 78.8 cm³/mol. The van der Waals surface area contributed by atoms with Crippen LogP contribution >= 0.6 is 0 Å². The summed E-state index contributed by atoms with van der Waals surface area (Å²) >= 11 is 0. The molecule has 2 aliphatic heterocycles. The molecule has 1 saturated carbocycles. The molecule has 1 saturated heterocycles. The average molecular weight is 254 g/mol. The molecule has 2 nitrogen and oxygen atoms in total. The molecule has 1 aromatic carbocycles. The summed E-state index contributed by atoms with van der Waals surface area (Å²) in [4.78, 5) is 2.65. The summed E-state index contributed by atoms with van der Waals surface area (Å²) in [7, 11) is 0. The third kappa shape index (κ3) is 2.24. The normalized spacial score (nSPS) is 33.9. The van der Waals surface area contributed by atoms with Gasteiger partial charge in [0.25, 0.3) is 0 Å². The minimum absolute atomic E-state index is 0.993. The second-order valence-corrected chi connectivity index (χ2v) is 6.25. The first kappa shape index (κ1) is 11.7. The first-order valence-electron chi connectivity index (χ1n) is 7.59. The summed E-state index contributed by atoms with van der Waals surface area (Å²) in [5, 5.41) is 3.49. The monoisotopic (exact) mass is 254 g/mol. The fourth-order valence-corrected chi connectivity index (χ4v) is 3.91. The maximum absolute atomic E-state index is 3.49. The van der Waals surface area contributed by atoms with Crippen LogP contribution in [0, 0.1) is 17.8 Å². The molecule has 2 heterocycles. The number of piperidine rings is 1. The van der Waals surface area contributed by atoms with E-state index in [1.54, 1.807) is 0 Å². The van der Waals surface area contributed by atoms with E-state index in [-0.39, 0.29) is 0 Å². The topological polar surface area (TPSA) is 15.3 Å². The summed E-state index contributed by atoms with van der Waals surface area (Å²) in [6, 6.07) is 10.8. The largest absolute Gasteiger partial charge is 0.316 e. The van der Waals surface area contributed by atoms with Gasteiger partial charge in [-0.05, 0) is 48.4 Å². The molecular formula is C17H22N2. The summed E-state index contributed by atoms with van der Waals surface area (Å²) in [6.07, 6.45) is 3.65. The molecule has 1 unspecified atom stereocenters. The Bertz CT molecular complexity index is 469. The molecule has 2 heteroatoms. The Labute approximate surface area is 115 Å². The number of hydrogen-bond acceptors (Lipinski definition) is 2. The van der Waals surface area contributed by atoms with Crippen LogP contribution in [0.4, 0.5) is 0 Å². The lowest BCUT2D eigenvalue weighted by molar-refractivity contribution is 0.275. The van der Waals surface area contributed by atoms with Gasteiger partial charge in [0, 0.05) is 19.6 Å². The van der Waals surface area contributed by atoms with Crippen molar-refractivity contribution in [3.05, 3.63) is 42.0 Å². The highest BCUT2D eigenvalue weighted by Crippen LogP contribution is 2.49. The van der Waals surface area contributed by atoms with Gasteiger partial charge in [0.05, 0.1) is 0 Å². The van der Waals surface area contributed by atoms with Crippen molar-refractivity contribution in [3.63, 3.8) is 0 Å². The van der Waals surface area contributed by atoms with Gasteiger partial charge in [-0.2, -0.15) is 0 Å². The van der Waals surface area contributed by atoms with E-state index in [9.17, 15) is 0 Å². The second-order valence-electron chi connectivity index (χ2n) is 6.25. The van der Waals surface area contributed by atoms with Crippen LogP contribution in [0.25, 0.3) is 5.57 Å². The Morgan fingerprint density at radius 3 is 2.58 bits per heavy atom. The maximum atomic E-state index is 3.49. The van der Waals surface area contributed by atoms with E-state index >= 15 is 0 Å². The van der Waals surface area contributed by atoms with Gasteiger partial charge in [0.2, 0.25) is 0 Å². The molecule has 19 heavy (non-hydrogen) atoms. The van der Waals surface area contributed by atoms with Crippen LogP contribution in [0.5, 0.6) is 0 Å². The number of benzene rings is 1. The van der Waals surface area contributed by atoms with Crippen LogP contribution < -0.4 is 5.32 Å². The summed E-state index contributed by atoms with van der Waals surface area (Å²) < 4.78 is 0. The number of rotatable bonds is 3. The van der Waals surface area contributed by atoms with E-state index in [0.717, 1.165) is 24.3 Å². The van der Waals surface area contributed by atoms with Gasteiger partial charge in [0.15, 0.2) is 0 Å². The van der Waals surface area contributed by atoms with Gasteiger partial charge in [-0.3, -0.25) is 4.90 Å². The fourth-order valence-electron chi connectivity index (χ4n) is 3.91. The van der Waals surface area contributed by atoms with Crippen LogP contribution in [-0.2, 0) is 0 Å². The quantitative estimate of drug-likeness (QED) is 0.890. The lowest BCUT2D eigenvalue weighted by Gasteiger charge is -2.27. The Balaban J connectivity index is 1.35. The standard InChI is InChI=1S/C17H22N2/c1-2-4-13(5-3-1)14-6-8-19(9-7-14)12-17-15-10-18-11-16(15)17/h1-6,15-18H,7-12H2/t15-,16+,17?. The highest BCUT2D eigenvalue weighted by Gasteiger charge is 2.52. The smallest absolute Gasteiger partial charge is 0.0169 e. The van der Waals surface area contributed by atoms with Gasteiger partial charge in [-0.1, -0.05) is 36.4 Å². The molecule has 100 valence electrons. The fraction of sp³-hybridized carbons (Fsp3) is 0.529. The molecule has 1 N–H and O–H groups in total. The van der Waals surface area contributed by atoms with E-state index in [1.807, 2.05) is 0 Å². The molecular weight excluding hydrogens is 232 g/mol. The van der Waals surface area contributed by atoms with Crippen molar-refractivity contribution in [1.82, 2.24) is 10.2 Å². The third-order valence-corrected chi connectivity index (χ3v) is 5.18. The minimum atomic E-state index is 0.993. The third-order valence-electron chi connectivity index (χ3n) is 5.18. The highest BCUT2D eigenvalue weighted by molar-refractivity contribution is 5.66. The van der Waals surface area contributed by atoms with Gasteiger partial charge in [0.1, 0.15) is 0 Å². The zero-order valence-corrected chi connectivity index (χ0v) is 11.4. The van der Waals surface area contributed by atoms with E-state index in [1.165, 1.54) is 43.7 Å². The molecule has 0 spiro atoms. The van der Waals surface area contributed by atoms with E-state index < -0.39 is 0 Å². The number of nitrogens with one attached hydrogen (secondary N) is 1. The molecule has 1 aromatic rings. The van der Waals surface area contributed by atoms with Crippen LogP contribution in [0.2, 0.25) is 0 Å². The predicted octanol–water partition coefficient (Wildman–Crippen LogP) is 2.24. The van der Waals surface area contributed by atoms with Crippen LogP contribution in [-0.4, -0.2) is 37.6 Å². The summed E-state index contributed by atoms with van der Waals surface area (Å²) in [6.45, 7) is 6.26. The van der Waals surface area contributed by atoms with Crippen molar-refractivity contribution in [2.45, 2.75) is 6.42 Å². The lowest BCUT2D eigenvalue weighted by Crippen LogP contribution is -2.32. The highest BCUT2D eigenvalue weighted by atomic mass is 15.1. The van der Waals surface area contributed by atoms with Crippen molar-refractivity contribution >= 4 is 5.57 Å². The molecule has 0 amide bonds. The molecule has 1 aliphatic carbocycles. The van der Waals surface area contributed by atoms with Crippen LogP contribution in [0.3, 0.4) is 0 Å². The van der Waals surface area contributed by atoms with Gasteiger partial charge >= 0.3 is 0 Å². The Morgan fingerprint density at radius 2 is 1.89 bits per heavy atom. The second kappa shape index (κ2) is 4.77. The zero-order chi connectivity index (χ0) is 12.7. The number of fused-ring (bicyclic) bond motifs is 1. The van der Waals surface area contributed by atoms with Gasteiger partial charge in [-0.15, -0.1) is 0 Å². The molecule has 3 atom stereocenters. The lowest BCUT2D eigenvalue weighted by atomic mass is 9.99. The summed E-state index contributed by atoms with van der Waals surface area (Å²) in [5.74, 6) is 2.99. The SMILES string of the molecule is C1=C(c2ccccc2)CCN(CC2[C@H]3CNC[C@@H]23)C1. The van der Waals surface area contributed by atoms with Crippen LogP contribution in [0.15, 0.2) is 36.4 Å². The van der Waals surface area contributed by atoms with Crippen molar-refractivity contribution in [2.24, 2.45) is 17.8 Å². The van der Waals surface area contributed by atoms with E-state index in [4.69, 9.17) is 0 Å². The zero-order valence-electron chi connectivity index (χ0n) is 11.4. The molecule has 0 bridgehead atoms. The number of hydrogen-bond donors (Lipinski definition) is 1. The Hall–Kier alpha value is -1.12. The molecule has 0 aromatic heterocycles. The Morgan fingerprint density at radius 1 is 1.11 bits per heavy atom. The molecule has 0 radical (unpaired) electrons. The average Bonchev–Trinajstić information content (AvgIpc) is 2.90. The van der Waals surface area contributed by atoms with Gasteiger partial charge < -0.3 is 5.32 Å². The van der Waals surface area contributed by atoms with Crippen molar-refractivity contribution in [2.75, 3.05) is 32.7 Å². The van der Waals surface area contributed by atoms with Gasteiger partial charge in [-0.25, -0.2) is 0 Å². The first-order valence-corrected chi connectivity index (χ1v) is 7.59. The molecule has 2 fully saturated rings. The first-order chi connectivity index (χ1) is 9.42. The summed E-state index contributed by atoms with van der Waals surface area (Å²) in [5.41, 5.74) is 2.95. The maximum Gasteiger partial charge on any atom is 0.0169 e. The Kier molecular flexibility index (Phi) is 2.93. The minimum Gasteiger partial charge on any atom is -0.316 e. The van der Waals surface area contributed by atoms with Crippen molar-refractivity contribution < 1.29 is 0 Å². The van der Waals surface area contributed by atoms with Crippen LogP contribution in [0.1, 0.15) is 12.0 Å². The van der Waals surface area contributed by atoms with E-state index in [2.05, 4.69) is 46.6 Å².